The van der Waals surface area contributed by atoms with Crippen molar-refractivity contribution in [2.24, 2.45) is 5.84 Å². The average Bonchev–Trinajstić information content (AvgIpc) is 2.59. The third-order valence-corrected chi connectivity index (χ3v) is 3.12. The summed E-state index contributed by atoms with van der Waals surface area (Å²) in [7, 11) is 3.19. The second-order valence-corrected chi connectivity index (χ2v) is 4.51. The highest BCUT2D eigenvalue weighted by molar-refractivity contribution is 6.02. The highest BCUT2D eigenvalue weighted by atomic mass is 35.5. The van der Waals surface area contributed by atoms with Gasteiger partial charge in [-0.15, -0.1) is 12.4 Å². The monoisotopic (exact) mass is 334 g/mol. The number of carbonyl (C=O) groups excluding carboxylic acids is 1. The van der Waals surface area contributed by atoms with Crippen molar-refractivity contribution in [2.45, 2.75) is 0 Å². The van der Waals surface area contributed by atoms with Crippen molar-refractivity contribution in [3.8, 4) is 11.5 Å². The Morgan fingerprint density at radius 1 is 0.957 bits per heavy atom. The van der Waals surface area contributed by atoms with E-state index in [4.69, 9.17) is 15.3 Å². The number of nitrogens with two attached hydrogens (primary N) is 1. The van der Waals surface area contributed by atoms with Crippen LogP contribution >= 0.6 is 12.4 Å². The summed E-state index contributed by atoms with van der Waals surface area (Å²) in [5, 5.41) is 1.08. The molecule has 0 saturated heterocycles. The van der Waals surface area contributed by atoms with Crippen LogP contribution < -0.4 is 20.3 Å². The maximum Gasteiger partial charge on any atom is 0.265 e. The summed E-state index contributed by atoms with van der Waals surface area (Å²) in [6.45, 7) is 0. The number of methoxy groups -OCH3 is 2. The first kappa shape index (κ1) is 18.5. The Morgan fingerprint density at radius 2 is 1.43 bits per heavy atom. The zero-order valence-corrected chi connectivity index (χ0v) is 13.7. The maximum atomic E-state index is 12.1. The van der Waals surface area contributed by atoms with E-state index in [0.717, 1.165) is 16.3 Å². The predicted molar refractivity (Wildman–Crippen MR) is 93.9 cm³/mol. The third-order valence-electron chi connectivity index (χ3n) is 3.12. The molecule has 5 nitrogen and oxygen atoms in total. The Labute approximate surface area is 141 Å². The van der Waals surface area contributed by atoms with Crippen LogP contribution in [0.15, 0.2) is 54.6 Å². The number of hydrogen-bond donors (Lipinski definition) is 1. The molecule has 2 aromatic carbocycles. The van der Waals surface area contributed by atoms with Gasteiger partial charge in [-0.3, -0.25) is 4.79 Å². The van der Waals surface area contributed by atoms with Gasteiger partial charge in [-0.1, -0.05) is 12.1 Å². The minimum atomic E-state index is -0.319. The molecule has 6 heteroatoms. The molecule has 2 N–H and O–H groups in total. The topological polar surface area (TPSA) is 64.8 Å². The summed E-state index contributed by atoms with van der Waals surface area (Å²) >= 11 is 0. The fraction of sp³-hybridized carbons (Fsp3) is 0.118. The summed E-state index contributed by atoms with van der Waals surface area (Å²) in [4.78, 5) is 12.1. The van der Waals surface area contributed by atoms with Crippen molar-refractivity contribution in [2.75, 3.05) is 19.2 Å². The molecule has 0 fully saturated rings. The second kappa shape index (κ2) is 8.82. The molecule has 0 unspecified atom stereocenters. The lowest BCUT2D eigenvalue weighted by atomic mass is 10.2. The Morgan fingerprint density at radius 3 is 1.91 bits per heavy atom. The number of hydrogen-bond acceptors (Lipinski definition) is 4. The van der Waals surface area contributed by atoms with Gasteiger partial charge in [-0.05, 0) is 48.0 Å². The number of ether oxygens (including phenoxy) is 2. The Balaban J connectivity index is 0.00000264. The van der Waals surface area contributed by atoms with Gasteiger partial charge in [0.25, 0.3) is 5.91 Å². The van der Waals surface area contributed by atoms with Crippen LogP contribution in [0.3, 0.4) is 0 Å². The first-order valence-electron chi connectivity index (χ1n) is 6.69. The van der Waals surface area contributed by atoms with Crippen molar-refractivity contribution in [1.82, 2.24) is 0 Å². The quantitative estimate of drug-likeness (QED) is 0.395. The van der Waals surface area contributed by atoms with Crippen LogP contribution in [0.1, 0.15) is 5.56 Å². The number of hydrazine groups is 1. The summed E-state index contributed by atoms with van der Waals surface area (Å²) in [5.41, 5.74) is 1.47. The summed E-state index contributed by atoms with van der Waals surface area (Å²) < 4.78 is 10.1. The largest absolute Gasteiger partial charge is 0.497 e. The van der Waals surface area contributed by atoms with Gasteiger partial charge in [0.2, 0.25) is 0 Å². The van der Waals surface area contributed by atoms with Crippen molar-refractivity contribution in [3.63, 3.8) is 0 Å². The van der Waals surface area contributed by atoms with Crippen molar-refractivity contribution >= 4 is 30.1 Å². The van der Waals surface area contributed by atoms with Crippen molar-refractivity contribution in [3.05, 3.63) is 60.2 Å². The van der Waals surface area contributed by atoms with Crippen LogP contribution in [-0.2, 0) is 4.79 Å². The fourth-order valence-electron chi connectivity index (χ4n) is 1.83. The van der Waals surface area contributed by atoms with Gasteiger partial charge in [0.1, 0.15) is 11.5 Å². The van der Waals surface area contributed by atoms with E-state index in [1.807, 2.05) is 24.3 Å². The molecule has 0 spiro atoms. The minimum Gasteiger partial charge on any atom is -0.497 e. The lowest BCUT2D eigenvalue weighted by Gasteiger charge is -2.14. The molecule has 0 saturated carbocycles. The highest BCUT2D eigenvalue weighted by Crippen LogP contribution is 2.18. The van der Waals surface area contributed by atoms with Gasteiger partial charge in [-0.2, -0.15) is 0 Å². The van der Waals surface area contributed by atoms with Gasteiger partial charge in [0.05, 0.1) is 19.9 Å². The highest BCUT2D eigenvalue weighted by Gasteiger charge is 2.08. The minimum absolute atomic E-state index is 0. The van der Waals surface area contributed by atoms with Crippen LogP contribution in [0.25, 0.3) is 6.08 Å². The first-order valence-corrected chi connectivity index (χ1v) is 6.69. The summed E-state index contributed by atoms with van der Waals surface area (Å²) in [5.74, 6) is 6.97. The number of rotatable bonds is 5. The zero-order chi connectivity index (χ0) is 15.9. The smallest absolute Gasteiger partial charge is 0.265 e. The number of amides is 1. The molecule has 0 aromatic heterocycles. The van der Waals surface area contributed by atoms with Gasteiger partial charge < -0.3 is 9.47 Å². The van der Waals surface area contributed by atoms with Crippen molar-refractivity contribution < 1.29 is 14.3 Å². The van der Waals surface area contributed by atoms with E-state index in [1.54, 1.807) is 44.6 Å². The molecule has 0 atom stereocenters. The van der Waals surface area contributed by atoms with E-state index in [1.165, 1.54) is 6.08 Å². The van der Waals surface area contributed by atoms with E-state index in [0.29, 0.717) is 11.4 Å². The number of halogens is 1. The Hall–Kier alpha value is -2.50. The van der Waals surface area contributed by atoms with Gasteiger partial charge in [0, 0.05) is 6.08 Å². The van der Waals surface area contributed by atoms with Crippen LogP contribution in [-0.4, -0.2) is 20.1 Å². The average molecular weight is 335 g/mol. The number of carbonyl (C=O) groups is 1. The molecular weight excluding hydrogens is 316 g/mol. The summed E-state index contributed by atoms with van der Waals surface area (Å²) in [6, 6.07) is 14.3. The van der Waals surface area contributed by atoms with E-state index < -0.39 is 0 Å². The van der Waals surface area contributed by atoms with Crippen LogP contribution in [0, 0.1) is 0 Å². The Kier molecular flexibility index (Phi) is 7.12. The van der Waals surface area contributed by atoms with Gasteiger partial charge in [0.15, 0.2) is 0 Å². The van der Waals surface area contributed by atoms with Gasteiger partial charge >= 0.3 is 0 Å². The molecule has 23 heavy (non-hydrogen) atoms. The SMILES string of the molecule is COc1ccc(C=CC(=O)N(N)c2ccc(OC)cc2)cc1.Cl. The van der Waals surface area contributed by atoms with Crippen LogP contribution in [0.2, 0.25) is 0 Å². The molecule has 0 radical (unpaired) electrons. The molecule has 2 aromatic rings. The molecule has 122 valence electrons. The molecule has 0 bridgehead atoms. The predicted octanol–water partition coefficient (Wildman–Crippen LogP) is 3.05. The maximum absolute atomic E-state index is 12.1. The molecule has 0 aliphatic heterocycles. The third kappa shape index (κ3) is 5.02. The lowest BCUT2D eigenvalue weighted by Crippen LogP contribution is -2.36. The fourth-order valence-corrected chi connectivity index (χ4v) is 1.83. The van der Waals surface area contributed by atoms with Crippen LogP contribution in [0.5, 0.6) is 11.5 Å². The zero-order valence-electron chi connectivity index (χ0n) is 12.9. The summed E-state index contributed by atoms with van der Waals surface area (Å²) in [6.07, 6.45) is 3.12. The van der Waals surface area contributed by atoms with E-state index in [9.17, 15) is 4.79 Å². The van der Waals surface area contributed by atoms with Crippen molar-refractivity contribution in [1.29, 1.82) is 0 Å². The first-order chi connectivity index (χ1) is 10.6. The molecule has 2 rings (SSSR count). The Bertz CT molecular complexity index is 655. The molecule has 0 heterocycles. The van der Waals surface area contributed by atoms with Gasteiger partial charge in [-0.25, -0.2) is 10.9 Å². The standard InChI is InChI=1S/C17H18N2O3.ClH/c1-21-15-8-3-13(4-9-15)5-12-17(20)19(18)14-6-10-16(22-2)11-7-14;/h3-12H,18H2,1-2H3;1H. The molecule has 0 aliphatic carbocycles. The number of benzene rings is 2. The normalized spacial score (nSPS) is 10.0. The van der Waals surface area contributed by atoms with E-state index in [2.05, 4.69) is 0 Å². The number of nitrogens with zero attached hydrogens (tertiary/aromatic N) is 1. The molecule has 0 aliphatic rings. The molecular formula is C17H19ClN2O3. The second-order valence-electron chi connectivity index (χ2n) is 4.51. The van der Waals surface area contributed by atoms with E-state index >= 15 is 0 Å². The number of anilines is 1. The van der Waals surface area contributed by atoms with Crippen LogP contribution in [0.4, 0.5) is 5.69 Å². The van der Waals surface area contributed by atoms with E-state index in [-0.39, 0.29) is 18.3 Å². The lowest BCUT2D eigenvalue weighted by molar-refractivity contribution is -0.114. The molecule has 1 amide bonds.